The van der Waals surface area contributed by atoms with Crippen molar-refractivity contribution in [2.45, 2.75) is 25.0 Å². The van der Waals surface area contributed by atoms with Gasteiger partial charge in [0.2, 0.25) is 0 Å². The molecule has 108 valence electrons. The van der Waals surface area contributed by atoms with Crippen molar-refractivity contribution in [2.75, 3.05) is 0 Å². The molecule has 20 heavy (non-hydrogen) atoms. The van der Waals surface area contributed by atoms with E-state index < -0.39 is 25.8 Å². The predicted octanol–water partition coefficient (Wildman–Crippen LogP) is 2.56. The first-order chi connectivity index (χ1) is 9.34. The first kappa shape index (κ1) is 14.9. The van der Waals surface area contributed by atoms with E-state index in [1.165, 1.54) is 10.6 Å². The van der Waals surface area contributed by atoms with E-state index in [2.05, 4.69) is 10.2 Å². The quantitative estimate of drug-likeness (QED) is 0.812. The molecule has 1 heterocycles. The van der Waals surface area contributed by atoms with Gasteiger partial charge in [-0.05, 0) is 24.6 Å². The molecule has 0 aliphatic heterocycles. The van der Waals surface area contributed by atoms with Crippen molar-refractivity contribution in [1.82, 2.24) is 14.8 Å². The maximum atomic E-state index is 13.2. The van der Waals surface area contributed by atoms with Crippen LogP contribution in [-0.4, -0.2) is 23.2 Å². The highest BCUT2D eigenvalue weighted by Gasteiger charge is 2.23. The predicted molar refractivity (Wildman–Crippen MR) is 68.7 cm³/mol. The van der Waals surface area contributed by atoms with E-state index >= 15 is 0 Å². The standard InChI is InChI=1S/C11H10ClF2N3O2S/c1-2-5-17-10(15-16-11(17)20(12,18)19)7-3-4-8(13)9(14)6-7/h3-4,6H,2,5H2,1H3. The third-order valence-corrected chi connectivity index (χ3v) is 3.71. The number of rotatable bonds is 4. The van der Waals surface area contributed by atoms with Crippen molar-refractivity contribution in [2.24, 2.45) is 0 Å². The fourth-order valence-electron chi connectivity index (χ4n) is 1.74. The molecule has 0 N–H and O–H groups in total. The van der Waals surface area contributed by atoms with Crippen LogP contribution in [-0.2, 0) is 15.6 Å². The summed E-state index contributed by atoms with van der Waals surface area (Å²) in [4.78, 5) is 0. The fraction of sp³-hybridized carbons (Fsp3) is 0.273. The highest BCUT2D eigenvalue weighted by molar-refractivity contribution is 8.13. The van der Waals surface area contributed by atoms with Crippen molar-refractivity contribution in [3.63, 3.8) is 0 Å². The van der Waals surface area contributed by atoms with Gasteiger partial charge in [-0.15, -0.1) is 10.2 Å². The molecule has 2 rings (SSSR count). The van der Waals surface area contributed by atoms with Crippen LogP contribution in [0.2, 0.25) is 0 Å². The van der Waals surface area contributed by atoms with Crippen LogP contribution in [0.25, 0.3) is 11.4 Å². The van der Waals surface area contributed by atoms with Crippen LogP contribution in [0.3, 0.4) is 0 Å². The second-order valence-corrected chi connectivity index (χ2v) is 6.48. The molecular weight excluding hydrogens is 312 g/mol. The number of halogens is 3. The highest BCUT2D eigenvalue weighted by Crippen LogP contribution is 2.24. The van der Waals surface area contributed by atoms with Crippen LogP contribution in [0, 0.1) is 11.6 Å². The van der Waals surface area contributed by atoms with Gasteiger partial charge in [-0.3, -0.25) is 4.57 Å². The van der Waals surface area contributed by atoms with Gasteiger partial charge < -0.3 is 0 Å². The zero-order chi connectivity index (χ0) is 14.9. The summed E-state index contributed by atoms with van der Waals surface area (Å²) in [5.41, 5.74) is 0.219. The highest BCUT2D eigenvalue weighted by atomic mass is 35.7. The third-order valence-electron chi connectivity index (χ3n) is 2.56. The van der Waals surface area contributed by atoms with E-state index in [0.717, 1.165) is 12.1 Å². The minimum Gasteiger partial charge on any atom is -0.297 e. The first-order valence-electron chi connectivity index (χ1n) is 5.68. The molecular formula is C11H10ClF2N3O2S. The van der Waals surface area contributed by atoms with Crippen LogP contribution in [0.1, 0.15) is 13.3 Å². The summed E-state index contributed by atoms with van der Waals surface area (Å²) in [6.45, 7) is 2.10. The maximum absolute atomic E-state index is 13.2. The monoisotopic (exact) mass is 321 g/mol. The Hall–Kier alpha value is -1.54. The van der Waals surface area contributed by atoms with E-state index in [0.29, 0.717) is 6.42 Å². The minimum absolute atomic E-state index is 0.116. The summed E-state index contributed by atoms with van der Waals surface area (Å²) in [7, 11) is 1.20. The zero-order valence-electron chi connectivity index (χ0n) is 10.3. The summed E-state index contributed by atoms with van der Waals surface area (Å²) >= 11 is 0. The lowest BCUT2D eigenvalue weighted by atomic mass is 10.2. The average Bonchev–Trinajstić information content (AvgIpc) is 2.77. The normalized spacial score (nSPS) is 11.8. The van der Waals surface area contributed by atoms with Gasteiger partial charge in [0.25, 0.3) is 14.2 Å². The lowest BCUT2D eigenvalue weighted by molar-refractivity contribution is 0.508. The Kier molecular flexibility index (Phi) is 4.05. The van der Waals surface area contributed by atoms with Gasteiger partial charge in [-0.1, -0.05) is 6.92 Å². The number of hydrogen-bond donors (Lipinski definition) is 0. The zero-order valence-corrected chi connectivity index (χ0v) is 11.9. The lowest BCUT2D eigenvalue weighted by Crippen LogP contribution is -2.07. The van der Waals surface area contributed by atoms with E-state index in [-0.39, 0.29) is 17.9 Å². The maximum Gasteiger partial charge on any atom is 0.296 e. The van der Waals surface area contributed by atoms with Crippen LogP contribution in [0.5, 0.6) is 0 Å². The number of benzene rings is 1. The molecule has 2 aromatic rings. The Balaban J connectivity index is 2.62. The molecule has 0 aliphatic carbocycles. The molecule has 0 bridgehead atoms. The smallest absolute Gasteiger partial charge is 0.296 e. The molecule has 0 spiro atoms. The van der Waals surface area contributed by atoms with Gasteiger partial charge in [-0.25, -0.2) is 17.2 Å². The molecule has 1 aromatic carbocycles. The van der Waals surface area contributed by atoms with Crippen molar-refractivity contribution < 1.29 is 17.2 Å². The van der Waals surface area contributed by atoms with Crippen LogP contribution in [0.4, 0.5) is 8.78 Å². The number of hydrogen-bond acceptors (Lipinski definition) is 4. The molecule has 9 heteroatoms. The largest absolute Gasteiger partial charge is 0.297 e. The Morgan fingerprint density at radius 1 is 1.25 bits per heavy atom. The molecule has 0 atom stereocenters. The van der Waals surface area contributed by atoms with Gasteiger partial charge in [0.05, 0.1) is 0 Å². The SMILES string of the molecule is CCCn1c(-c2ccc(F)c(F)c2)nnc1S(=O)(=O)Cl. The Labute approximate surface area is 118 Å². The fourth-order valence-corrected chi connectivity index (χ4v) is 2.66. The van der Waals surface area contributed by atoms with Gasteiger partial charge in [0.1, 0.15) is 0 Å². The number of nitrogens with zero attached hydrogens (tertiary/aromatic N) is 3. The summed E-state index contributed by atoms with van der Waals surface area (Å²) in [5, 5.41) is 6.80. The van der Waals surface area contributed by atoms with Crippen LogP contribution in [0.15, 0.2) is 23.4 Å². The Morgan fingerprint density at radius 3 is 2.50 bits per heavy atom. The molecule has 0 saturated carbocycles. The van der Waals surface area contributed by atoms with Crippen molar-refractivity contribution >= 4 is 19.7 Å². The van der Waals surface area contributed by atoms with Crippen molar-refractivity contribution in [3.05, 3.63) is 29.8 Å². The van der Waals surface area contributed by atoms with E-state index in [9.17, 15) is 17.2 Å². The Bertz CT molecular complexity index is 746. The van der Waals surface area contributed by atoms with Gasteiger partial charge in [-0.2, -0.15) is 0 Å². The molecule has 0 amide bonds. The second-order valence-electron chi connectivity index (χ2n) is 4.02. The Morgan fingerprint density at radius 2 is 1.95 bits per heavy atom. The van der Waals surface area contributed by atoms with Crippen LogP contribution < -0.4 is 0 Å². The van der Waals surface area contributed by atoms with Crippen molar-refractivity contribution in [1.29, 1.82) is 0 Å². The van der Waals surface area contributed by atoms with Gasteiger partial charge in [0, 0.05) is 22.8 Å². The summed E-state index contributed by atoms with van der Waals surface area (Å²) < 4.78 is 50.2. The van der Waals surface area contributed by atoms with E-state index in [4.69, 9.17) is 10.7 Å². The van der Waals surface area contributed by atoms with Gasteiger partial charge >= 0.3 is 0 Å². The van der Waals surface area contributed by atoms with E-state index in [1.54, 1.807) is 0 Å². The lowest BCUT2D eigenvalue weighted by Gasteiger charge is -2.07. The summed E-state index contributed by atoms with van der Waals surface area (Å²) in [6, 6.07) is 3.15. The topological polar surface area (TPSA) is 64.8 Å². The third kappa shape index (κ3) is 2.80. The average molecular weight is 322 g/mol. The molecule has 0 unspecified atom stereocenters. The molecule has 0 saturated heterocycles. The molecule has 1 aromatic heterocycles. The molecule has 5 nitrogen and oxygen atoms in total. The van der Waals surface area contributed by atoms with Gasteiger partial charge in [0.15, 0.2) is 17.5 Å². The summed E-state index contributed by atoms with van der Waals surface area (Å²) in [6.07, 6.45) is 0.591. The van der Waals surface area contributed by atoms with E-state index in [1.807, 2.05) is 6.92 Å². The van der Waals surface area contributed by atoms with Crippen LogP contribution >= 0.6 is 10.7 Å². The first-order valence-corrected chi connectivity index (χ1v) is 7.98. The molecule has 0 fully saturated rings. The molecule has 0 aliphatic rings. The summed E-state index contributed by atoms with van der Waals surface area (Å²) in [5.74, 6) is -1.94. The number of aromatic nitrogens is 3. The van der Waals surface area contributed by atoms with Crippen molar-refractivity contribution in [3.8, 4) is 11.4 Å². The molecule has 0 radical (unpaired) electrons. The second kappa shape index (κ2) is 5.45. The minimum atomic E-state index is -4.07.